The maximum absolute atomic E-state index is 4.75. The Morgan fingerprint density at radius 3 is 2.71 bits per heavy atom. The molecule has 3 nitrogen and oxygen atoms in total. The highest BCUT2D eigenvalue weighted by Crippen LogP contribution is 2.34. The highest BCUT2D eigenvalue weighted by molar-refractivity contribution is 7.22. The molecule has 2 saturated heterocycles. The van der Waals surface area contributed by atoms with Gasteiger partial charge in [-0.2, -0.15) is 0 Å². The van der Waals surface area contributed by atoms with E-state index in [9.17, 15) is 0 Å². The van der Waals surface area contributed by atoms with Gasteiger partial charge in [0.2, 0.25) is 0 Å². The molecular formula is C13H15N3S. The number of anilines is 1. The first-order valence-corrected chi connectivity index (χ1v) is 7.03. The van der Waals surface area contributed by atoms with Crippen molar-refractivity contribution in [2.45, 2.75) is 0 Å². The lowest BCUT2D eigenvalue weighted by Gasteiger charge is -2.15. The second-order valence-electron chi connectivity index (χ2n) is 5.05. The molecule has 4 heteroatoms. The minimum Gasteiger partial charge on any atom is -0.347 e. The molecule has 2 atom stereocenters. The maximum atomic E-state index is 4.75. The molecule has 2 fully saturated rings. The van der Waals surface area contributed by atoms with Crippen molar-refractivity contribution in [2.24, 2.45) is 11.8 Å². The van der Waals surface area contributed by atoms with Crippen LogP contribution < -0.4 is 10.2 Å². The Hall–Kier alpha value is -1.13. The molecule has 1 N–H and O–H groups in total. The summed E-state index contributed by atoms with van der Waals surface area (Å²) >= 11 is 1.83. The summed E-state index contributed by atoms with van der Waals surface area (Å²) in [6.45, 7) is 4.73. The summed E-state index contributed by atoms with van der Waals surface area (Å²) in [4.78, 5) is 7.22. The average molecular weight is 245 g/mol. The second-order valence-corrected chi connectivity index (χ2v) is 6.06. The number of para-hydroxylation sites is 1. The summed E-state index contributed by atoms with van der Waals surface area (Å²) in [5, 5.41) is 4.69. The lowest BCUT2D eigenvalue weighted by Crippen LogP contribution is -2.25. The van der Waals surface area contributed by atoms with Gasteiger partial charge in [0.05, 0.1) is 10.2 Å². The van der Waals surface area contributed by atoms with Gasteiger partial charge in [0.25, 0.3) is 0 Å². The standard InChI is InChI=1S/C13H15N3S/c1-2-4-12-11(3-1)15-13(17-12)16-7-9-5-14-6-10(9)8-16/h1-4,9-10,14H,5-8H2. The molecule has 0 radical (unpaired) electrons. The number of nitrogens with zero attached hydrogens (tertiary/aromatic N) is 2. The number of rotatable bonds is 1. The van der Waals surface area contributed by atoms with Crippen molar-refractivity contribution in [3.05, 3.63) is 24.3 Å². The number of thiazole rings is 1. The molecule has 1 aromatic carbocycles. The van der Waals surface area contributed by atoms with Crippen molar-refractivity contribution >= 4 is 26.7 Å². The van der Waals surface area contributed by atoms with Gasteiger partial charge in [0.1, 0.15) is 0 Å². The molecule has 1 aromatic heterocycles. The minimum atomic E-state index is 0.835. The maximum Gasteiger partial charge on any atom is 0.186 e. The van der Waals surface area contributed by atoms with Crippen LogP contribution in [0.15, 0.2) is 24.3 Å². The quantitative estimate of drug-likeness (QED) is 0.832. The Morgan fingerprint density at radius 1 is 1.18 bits per heavy atom. The number of benzene rings is 1. The number of nitrogens with one attached hydrogen (secondary N) is 1. The topological polar surface area (TPSA) is 28.2 Å². The monoisotopic (exact) mass is 245 g/mol. The fourth-order valence-corrected chi connectivity index (χ4v) is 3.99. The van der Waals surface area contributed by atoms with Crippen molar-refractivity contribution < 1.29 is 0 Å². The van der Waals surface area contributed by atoms with Gasteiger partial charge in [-0.1, -0.05) is 23.5 Å². The largest absolute Gasteiger partial charge is 0.347 e. The zero-order chi connectivity index (χ0) is 11.2. The number of hydrogen-bond donors (Lipinski definition) is 1. The molecule has 0 aliphatic carbocycles. The molecular weight excluding hydrogens is 230 g/mol. The molecule has 0 spiro atoms. The lowest BCUT2D eigenvalue weighted by atomic mass is 10.0. The van der Waals surface area contributed by atoms with E-state index >= 15 is 0 Å². The summed E-state index contributed by atoms with van der Waals surface area (Å²) in [6, 6.07) is 8.42. The van der Waals surface area contributed by atoms with Crippen molar-refractivity contribution in [1.82, 2.24) is 10.3 Å². The molecule has 0 saturated carbocycles. The normalized spacial score (nSPS) is 27.9. The molecule has 2 aliphatic rings. The van der Waals surface area contributed by atoms with Crippen LogP contribution in [-0.4, -0.2) is 31.2 Å². The van der Waals surface area contributed by atoms with Gasteiger partial charge in [-0.15, -0.1) is 0 Å². The molecule has 2 aliphatic heterocycles. The first-order valence-electron chi connectivity index (χ1n) is 6.21. The van der Waals surface area contributed by atoms with Crippen LogP contribution in [0.1, 0.15) is 0 Å². The van der Waals surface area contributed by atoms with E-state index in [0.29, 0.717) is 0 Å². The molecule has 3 heterocycles. The van der Waals surface area contributed by atoms with Crippen molar-refractivity contribution in [3.63, 3.8) is 0 Å². The van der Waals surface area contributed by atoms with E-state index in [4.69, 9.17) is 4.98 Å². The first-order chi connectivity index (χ1) is 8.40. The van der Waals surface area contributed by atoms with Gasteiger partial charge < -0.3 is 10.2 Å². The van der Waals surface area contributed by atoms with E-state index in [1.807, 2.05) is 11.3 Å². The van der Waals surface area contributed by atoms with Crippen LogP contribution in [0.2, 0.25) is 0 Å². The summed E-state index contributed by atoms with van der Waals surface area (Å²) in [5.74, 6) is 1.67. The highest BCUT2D eigenvalue weighted by atomic mass is 32.1. The van der Waals surface area contributed by atoms with Crippen molar-refractivity contribution in [3.8, 4) is 0 Å². The lowest BCUT2D eigenvalue weighted by molar-refractivity contribution is 0.533. The van der Waals surface area contributed by atoms with Crippen LogP contribution in [-0.2, 0) is 0 Å². The first kappa shape index (κ1) is 9.85. The Bertz CT molecular complexity index is 505. The Balaban J connectivity index is 1.66. The van der Waals surface area contributed by atoms with Crippen LogP contribution in [0.5, 0.6) is 0 Å². The number of hydrogen-bond acceptors (Lipinski definition) is 4. The predicted molar refractivity (Wildman–Crippen MR) is 71.7 cm³/mol. The van der Waals surface area contributed by atoms with Crippen LogP contribution in [0.3, 0.4) is 0 Å². The average Bonchev–Trinajstić information content (AvgIpc) is 3.01. The van der Waals surface area contributed by atoms with E-state index in [1.165, 1.54) is 36.0 Å². The molecule has 88 valence electrons. The Labute approximate surface area is 104 Å². The molecule has 4 rings (SSSR count). The van der Waals surface area contributed by atoms with Gasteiger partial charge in [-0.05, 0) is 24.0 Å². The van der Waals surface area contributed by atoms with Crippen LogP contribution >= 0.6 is 11.3 Å². The van der Waals surface area contributed by atoms with Crippen molar-refractivity contribution in [2.75, 3.05) is 31.1 Å². The SMILES string of the molecule is c1ccc2sc(N3CC4CNCC4C3)nc2c1. The molecule has 17 heavy (non-hydrogen) atoms. The van der Waals surface area contributed by atoms with Crippen molar-refractivity contribution in [1.29, 1.82) is 0 Å². The van der Waals surface area contributed by atoms with Gasteiger partial charge >= 0.3 is 0 Å². The smallest absolute Gasteiger partial charge is 0.186 e. The van der Waals surface area contributed by atoms with E-state index < -0.39 is 0 Å². The van der Waals surface area contributed by atoms with Crippen LogP contribution in [0, 0.1) is 11.8 Å². The minimum absolute atomic E-state index is 0.835. The Kier molecular flexibility index (Phi) is 2.13. The molecule has 2 aromatic rings. The third kappa shape index (κ3) is 1.55. The van der Waals surface area contributed by atoms with Crippen LogP contribution in [0.25, 0.3) is 10.2 Å². The fraction of sp³-hybridized carbons (Fsp3) is 0.462. The summed E-state index contributed by atoms with van der Waals surface area (Å²) in [5.41, 5.74) is 1.14. The van der Waals surface area contributed by atoms with Crippen LogP contribution in [0.4, 0.5) is 5.13 Å². The number of fused-ring (bicyclic) bond motifs is 2. The van der Waals surface area contributed by atoms with E-state index in [-0.39, 0.29) is 0 Å². The Morgan fingerprint density at radius 2 is 1.94 bits per heavy atom. The molecule has 0 amide bonds. The van der Waals surface area contributed by atoms with Gasteiger partial charge in [0, 0.05) is 26.2 Å². The summed E-state index contributed by atoms with van der Waals surface area (Å²) < 4.78 is 1.30. The second kappa shape index (κ2) is 3.68. The highest BCUT2D eigenvalue weighted by Gasteiger charge is 2.37. The van der Waals surface area contributed by atoms with E-state index in [0.717, 1.165) is 17.4 Å². The molecule has 2 unspecified atom stereocenters. The van der Waals surface area contributed by atoms with Gasteiger partial charge in [0.15, 0.2) is 5.13 Å². The molecule has 0 bridgehead atoms. The van der Waals surface area contributed by atoms with E-state index in [2.05, 4.69) is 34.5 Å². The van der Waals surface area contributed by atoms with E-state index in [1.54, 1.807) is 0 Å². The number of aromatic nitrogens is 1. The van der Waals surface area contributed by atoms with Gasteiger partial charge in [-0.25, -0.2) is 4.98 Å². The fourth-order valence-electron chi connectivity index (χ4n) is 3.01. The zero-order valence-electron chi connectivity index (χ0n) is 9.60. The summed E-state index contributed by atoms with van der Waals surface area (Å²) in [6.07, 6.45) is 0. The predicted octanol–water partition coefficient (Wildman–Crippen LogP) is 1.95. The van der Waals surface area contributed by atoms with Gasteiger partial charge in [-0.3, -0.25) is 0 Å². The third-order valence-electron chi connectivity index (χ3n) is 3.94. The third-order valence-corrected chi connectivity index (χ3v) is 5.04. The zero-order valence-corrected chi connectivity index (χ0v) is 10.4. The summed E-state index contributed by atoms with van der Waals surface area (Å²) in [7, 11) is 0.